The Bertz CT molecular complexity index is 645. The van der Waals surface area contributed by atoms with Gasteiger partial charge in [-0.05, 0) is 17.7 Å². The standard InChI is InChI=1S/C15H10F2N2O/c16-12-6-11(7-13(17)8-12)15(20)19-14(9-18)10-4-2-1-3-5-10/h1-8,14H,(H,19,20). The van der Waals surface area contributed by atoms with E-state index >= 15 is 0 Å². The molecule has 0 fully saturated rings. The molecule has 3 nitrogen and oxygen atoms in total. The molecular formula is C15H10F2N2O. The lowest BCUT2D eigenvalue weighted by atomic mass is 10.1. The molecule has 100 valence electrons. The van der Waals surface area contributed by atoms with Crippen LogP contribution >= 0.6 is 0 Å². The van der Waals surface area contributed by atoms with Gasteiger partial charge < -0.3 is 5.32 Å². The quantitative estimate of drug-likeness (QED) is 0.933. The molecule has 0 radical (unpaired) electrons. The maximum Gasteiger partial charge on any atom is 0.252 e. The minimum atomic E-state index is -0.880. The van der Waals surface area contributed by atoms with Crippen LogP contribution in [0.25, 0.3) is 0 Å². The van der Waals surface area contributed by atoms with E-state index < -0.39 is 23.6 Å². The first-order chi connectivity index (χ1) is 9.60. The SMILES string of the molecule is N#CC(NC(=O)c1cc(F)cc(F)c1)c1ccccc1. The Hall–Kier alpha value is -2.74. The Kier molecular flexibility index (Phi) is 4.06. The molecular weight excluding hydrogens is 262 g/mol. The molecule has 2 aromatic rings. The molecule has 0 heterocycles. The first-order valence-corrected chi connectivity index (χ1v) is 5.81. The van der Waals surface area contributed by atoms with E-state index in [0.29, 0.717) is 11.6 Å². The molecule has 0 saturated heterocycles. The largest absolute Gasteiger partial charge is 0.332 e. The van der Waals surface area contributed by atoms with E-state index in [1.54, 1.807) is 30.3 Å². The van der Waals surface area contributed by atoms with Crippen LogP contribution in [-0.2, 0) is 0 Å². The number of nitrogens with zero attached hydrogens (tertiary/aromatic N) is 1. The van der Waals surface area contributed by atoms with Crippen molar-refractivity contribution >= 4 is 5.91 Å². The molecule has 1 atom stereocenters. The monoisotopic (exact) mass is 272 g/mol. The molecule has 0 bridgehead atoms. The summed E-state index contributed by atoms with van der Waals surface area (Å²) in [6.07, 6.45) is 0. The third kappa shape index (κ3) is 3.18. The summed E-state index contributed by atoms with van der Waals surface area (Å²) in [6.45, 7) is 0. The Morgan fingerprint density at radius 3 is 2.25 bits per heavy atom. The zero-order valence-electron chi connectivity index (χ0n) is 10.3. The number of rotatable bonds is 3. The van der Waals surface area contributed by atoms with E-state index in [1.165, 1.54) is 0 Å². The summed E-state index contributed by atoms with van der Waals surface area (Å²) in [4.78, 5) is 11.9. The number of nitrogens with one attached hydrogen (secondary N) is 1. The molecule has 1 unspecified atom stereocenters. The zero-order chi connectivity index (χ0) is 14.5. The molecule has 2 aromatic carbocycles. The zero-order valence-corrected chi connectivity index (χ0v) is 10.3. The summed E-state index contributed by atoms with van der Waals surface area (Å²) in [6, 6.07) is 12.2. The number of benzene rings is 2. The minimum absolute atomic E-state index is 0.168. The molecule has 0 aliphatic heterocycles. The van der Waals surface area contributed by atoms with Crippen molar-refractivity contribution in [3.05, 3.63) is 71.3 Å². The second kappa shape index (κ2) is 5.93. The normalized spacial score (nSPS) is 11.4. The van der Waals surface area contributed by atoms with Crippen molar-refractivity contribution in [3.63, 3.8) is 0 Å². The van der Waals surface area contributed by atoms with Gasteiger partial charge in [-0.1, -0.05) is 30.3 Å². The molecule has 0 aliphatic rings. The van der Waals surface area contributed by atoms with Crippen LogP contribution in [0.5, 0.6) is 0 Å². The van der Waals surface area contributed by atoms with Crippen molar-refractivity contribution in [2.24, 2.45) is 0 Å². The third-order valence-corrected chi connectivity index (χ3v) is 2.66. The molecule has 0 saturated carbocycles. The topological polar surface area (TPSA) is 52.9 Å². The lowest BCUT2D eigenvalue weighted by Crippen LogP contribution is -2.27. The number of amides is 1. The van der Waals surface area contributed by atoms with Crippen LogP contribution in [0.15, 0.2) is 48.5 Å². The number of nitriles is 1. The fourth-order valence-corrected chi connectivity index (χ4v) is 1.73. The first-order valence-electron chi connectivity index (χ1n) is 5.81. The smallest absolute Gasteiger partial charge is 0.252 e. The van der Waals surface area contributed by atoms with Gasteiger partial charge in [-0.2, -0.15) is 5.26 Å². The van der Waals surface area contributed by atoms with Crippen LogP contribution in [0.1, 0.15) is 22.0 Å². The van der Waals surface area contributed by atoms with Gasteiger partial charge in [0.15, 0.2) is 0 Å². The average Bonchev–Trinajstić information content (AvgIpc) is 2.44. The predicted molar refractivity (Wildman–Crippen MR) is 68.6 cm³/mol. The maximum absolute atomic E-state index is 13.0. The highest BCUT2D eigenvalue weighted by molar-refractivity contribution is 5.94. The molecule has 20 heavy (non-hydrogen) atoms. The fraction of sp³-hybridized carbons (Fsp3) is 0.0667. The van der Waals surface area contributed by atoms with Gasteiger partial charge in [0.05, 0.1) is 6.07 Å². The van der Waals surface area contributed by atoms with Crippen LogP contribution in [0.4, 0.5) is 8.78 Å². The Morgan fingerprint density at radius 1 is 1.10 bits per heavy atom. The molecule has 1 amide bonds. The van der Waals surface area contributed by atoms with Gasteiger partial charge in [0.1, 0.15) is 17.7 Å². The van der Waals surface area contributed by atoms with Crippen molar-refractivity contribution in [3.8, 4) is 6.07 Å². The highest BCUT2D eigenvalue weighted by Gasteiger charge is 2.16. The van der Waals surface area contributed by atoms with Crippen molar-refractivity contribution in [1.82, 2.24) is 5.32 Å². The summed E-state index contributed by atoms with van der Waals surface area (Å²) in [5.74, 6) is -2.40. The van der Waals surface area contributed by atoms with Crippen LogP contribution in [0, 0.1) is 23.0 Å². The molecule has 0 aromatic heterocycles. The Balaban J connectivity index is 2.20. The lowest BCUT2D eigenvalue weighted by Gasteiger charge is -2.12. The van der Waals surface area contributed by atoms with Crippen molar-refractivity contribution < 1.29 is 13.6 Å². The van der Waals surface area contributed by atoms with Crippen molar-refractivity contribution in [2.45, 2.75) is 6.04 Å². The lowest BCUT2D eigenvalue weighted by molar-refractivity contribution is 0.0944. The van der Waals surface area contributed by atoms with Crippen LogP contribution in [0.3, 0.4) is 0 Å². The van der Waals surface area contributed by atoms with Gasteiger partial charge >= 0.3 is 0 Å². The Morgan fingerprint density at radius 2 is 1.70 bits per heavy atom. The predicted octanol–water partition coefficient (Wildman–Crippen LogP) is 2.96. The van der Waals surface area contributed by atoms with Gasteiger partial charge in [0, 0.05) is 11.6 Å². The van der Waals surface area contributed by atoms with Crippen LogP contribution in [-0.4, -0.2) is 5.91 Å². The number of carbonyl (C=O) groups excluding carboxylic acids is 1. The van der Waals surface area contributed by atoms with Gasteiger partial charge in [0.25, 0.3) is 5.91 Å². The number of hydrogen-bond acceptors (Lipinski definition) is 2. The fourth-order valence-electron chi connectivity index (χ4n) is 1.73. The highest BCUT2D eigenvalue weighted by Crippen LogP contribution is 2.13. The maximum atomic E-state index is 13.0. The molecule has 0 aliphatic carbocycles. The van der Waals surface area contributed by atoms with E-state index in [0.717, 1.165) is 12.1 Å². The van der Waals surface area contributed by atoms with Gasteiger partial charge in [-0.15, -0.1) is 0 Å². The number of halogens is 2. The first kappa shape index (κ1) is 13.7. The second-order valence-electron chi connectivity index (χ2n) is 4.10. The van der Waals surface area contributed by atoms with E-state index in [-0.39, 0.29) is 5.56 Å². The van der Waals surface area contributed by atoms with E-state index in [1.807, 2.05) is 6.07 Å². The van der Waals surface area contributed by atoms with Crippen molar-refractivity contribution in [2.75, 3.05) is 0 Å². The molecule has 5 heteroatoms. The molecule has 2 rings (SSSR count). The Labute approximate surface area is 114 Å². The van der Waals surface area contributed by atoms with Gasteiger partial charge in [-0.3, -0.25) is 4.79 Å². The second-order valence-corrected chi connectivity index (χ2v) is 4.10. The third-order valence-electron chi connectivity index (χ3n) is 2.66. The summed E-state index contributed by atoms with van der Waals surface area (Å²) >= 11 is 0. The van der Waals surface area contributed by atoms with E-state index in [4.69, 9.17) is 5.26 Å². The molecule has 1 N–H and O–H groups in total. The van der Waals surface area contributed by atoms with E-state index in [9.17, 15) is 13.6 Å². The minimum Gasteiger partial charge on any atom is -0.332 e. The summed E-state index contributed by atoms with van der Waals surface area (Å²) < 4.78 is 26.1. The van der Waals surface area contributed by atoms with Crippen LogP contribution in [0.2, 0.25) is 0 Å². The van der Waals surface area contributed by atoms with Crippen LogP contribution < -0.4 is 5.32 Å². The molecule has 0 spiro atoms. The number of hydrogen-bond donors (Lipinski definition) is 1. The van der Waals surface area contributed by atoms with Gasteiger partial charge in [0.2, 0.25) is 0 Å². The number of carbonyl (C=O) groups is 1. The summed E-state index contributed by atoms with van der Waals surface area (Å²) in [5, 5.41) is 11.5. The average molecular weight is 272 g/mol. The van der Waals surface area contributed by atoms with E-state index in [2.05, 4.69) is 5.32 Å². The summed E-state index contributed by atoms with van der Waals surface area (Å²) in [5.41, 5.74) is 0.430. The highest BCUT2D eigenvalue weighted by atomic mass is 19.1. The van der Waals surface area contributed by atoms with Crippen molar-refractivity contribution in [1.29, 1.82) is 5.26 Å². The summed E-state index contributed by atoms with van der Waals surface area (Å²) in [7, 11) is 0. The van der Waals surface area contributed by atoms with Gasteiger partial charge in [-0.25, -0.2) is 8.78 Å².